The Morgan fingerprint density at radius 3 is 2.19 bits per heavy atom. The molecule has 7 heteroatoms. The van der Waals surface area contributed by atoms with E-state index >= 15 is 0 Å². The average Bonchev–Trinajstić information content (AvgIpc) is 3.10. The van der Waals surface area contributed by atoms with Crippen LogP contribution in [-0.4, -0.2) is 31.8 Å². The Balaban J connectivity index is 1.31. The van der Waals surface area contributed by atoms with Crippen molar-refractivity contribution in [3.05, 3.63) is 59.7 Å². The molecule has 5 N–H and O–H groups in total. The van der Waals surface area contributed by atoms with E-state index in [0.29, 0.717) is 13.1 Å². The lowest BCUT2D eigenvalue weighted by atomic mass is 10.1. The van der Waals surface area contributed by atoms with Crippen molar-refractivity contribution in [1.82, 2.24) is 16.0 Å². The molecule has 0 saturated heterocycles. The van der Waals surface area contributed by atoms with E-state index in [1.807, 2.05) is 36.4 Å². The van der Waals surface area contributed by atoms with Crippen molar-refractivity contribution in [2.45, 2.75) is 12.8 Å². The SMILES string of the molecule is N=C(NCCc1ccccc1)NC(=N)NCCc1ccc2c(c1)OCO2. The van der Waals surface area contributed by atoms with Gasteiger partial charge in [0.2, 0.25) is 6.79 Å². The van der Waals surface area contributed by atoms with Gasteiger partial charge in [0.05, 0.1) is 0 Å². The third kappa shape index (κ3) is 5.14. The van der Waals surface area contributed by atoms with Crippen LogP contribution in [-0.2, 0) is 12.8 Å². The molecule has 0 atom stereocenters. The van der Waals surface area contributed by atoms with E-state index in [0.717, 1.165) is 29.9 Å². The van der Waals surface area contributed by atoms with Crippen LogP contribution in [0.25, 0.3) is 0 Å². The number of rotatable bonds is 6. The Labute approximate surface area is 152 Å². The van der Waals surface area contributed by atoms with Crippen molar-refractivity contribution in [3.63, 3.8) is 0 Å². The van der Waals surface area contributed by atoms with Gasteiger partial charge in [0.25, 0.3) is 0 Å². The first-order valence-electron chi connectivity index (χ1n) is 8.55. The summed E-state index contributed by atoms with van der Waals surface area (Å²) in [6, 6.07) is 15.9. The molecular weight excluding hydrogens is 330 g/mol. The second kappa shape index (κ2) is 8.75. The smallest absolute Gasteiger partial charge is 0.231 e. The highest BCUT2D eigenvalue weighted by atomic mass is 16.7. The molecule has 0 unspecified atom stereocenters. The predicted molar refractivity (Wildman–Crippen MR) is 101 cm³/mol. The summed E-state index contributed by atoms with van der Waals surface area (Å²) in [6.45, 7) is 1.49. The van der Waals surface area contributed by atoms with Crippen LogP contribution >= 0.6 is 0 Å². The van der Waals surface area contributed by atoms with Gasteiger partial charge in [-0.25, -0.2) is 0 Å². The van der Waals surface area contributed by atoms with Crippen molar-refractivity contribution in [3.8, 4) is 11.5 Å². The Hall–Kier alpha value is -3.22. The summed E-state index contributed by atoms with van der Waals surface area (Å²) in [4.78, 5) is 0. The van der Waals surface area contributed by atoms with E-state index < -0.39 is 0 Å². The van der Waals surface area contributed by atoms with Gasteiger partial charge >= 0.3 is 0 Å². The molecule has 26 heavy (non-hydrogen) atoms. The Morgan fingerprint density at radius 1 is 0.808 bits per heavy atom. The molecule has 0 saturated carbocycles. The molecule has 1 aliphatic heterocycles. The average molecular weight is 353 g/mol. The number of benzene rings is 2. The van der Waals surface area contributed by atoms with Gasteiger partial charge in [-0.05, 0) is 36.1 Å². The number of fused-ring (bicyclic) bond motifs is 1. The molecule has 3 rings (SSSR count). The summed E-state index contributed by atoms with van der Waals surface area (Å²) in [7, 11) is 0. The molecule has 0 aliphatic carbocycles. The van der Waals surface area contributed by atoms with Crippen LogP contribution in [0.2, 0.25) is 0 Å². The van der Waals surface area contributed by atoms with Crippen LogP contribution < -0.4 is 25.4 Å². The Bertz CT molecular complexity index is 764. The van der Waals surface area contributed by atoms with E-state index in [4.69, 9.17) is 20.3 Å². The molecular formula is C19H23N5O2. The first-order valence-corrected chi connectivity index (χ1v) is 8.55. The van der Waals surface area contributed by atoms with Gasteiger partial charge in [-0.2, -0.15) is 0 Å². The van der Waals surface area contributed by atoms with E-state index in [-0.39, 0.29) is 18.7 Å². The predicted octanol–water partition coefficient (Wildman–Crippen LogP) is 1.84. The fourth-order valence-corrected chi connectivity index (χ4v) is 2.62. The highest BCUT2D eigenvalue weighted by Crippen LogP contribution is 2.32. The molecule has 1 aliphatic rings. The highest BCUT2D eigenvalue weighted by Gasteiger charge is 2.12. The van der Waals surface area contributed by atoms with Gasteiger partial charge in [-0.1, -0.05) is 36.4 Å². The highest BCUT2D eigenvalue weighted by molar-refractivity contribution is 5.95. The van der Waals surface area contributed by atoms with Gasteiger partial charge in [-0.15, -0.1) is 0 Å². The van der Waals surface area contributed by atoms with E-state index in [9.17, 15) is 0 Å². The lowest BCUT2D eigenvalue weighted by Gasteiger charge is -2.13. The van der Waals surface area contributed by atoms with Crippen molar-refractivity contribution < 1.29 is 9.47 Å². The van der Waals surface area contributed by atoms with E-state index in [2.05, 4.69) is 28.1 Å². The fourth-order valence-electron chi connectivity index (χ4n) is 2.62. The standard InChI is InChI=1S/C19H23N5O2/c20-18(22-10-8-14-4-2-1-3-5-14)24-19(21)23-11-9-15-6-7-16-17(12-15)26-13-25-16/h1-7,12H,8-11,13H2,(H5,20,21,22,23,24). The summed E-state index contributed by atoms with van der Waals surface area (Å²) in [6.07, 6.45) is 1.57. The minimum atomic E-state index is 0.1000. The van der Waals surface area contributed by atoms with Gasteiger partial charge in [0.1, 0.15) is 0 Å². The third-order valence-corrected chi connectivity index (χ3v) is 3.96. The molecule has 0 bridgehead atoms. The van der Waals surface area contributed by atoms with Crippen LogP contribution in [0.5, 0.6) is 11.5 Å². The Morgan fingerprint density at radius 2 is 1.46 bits per heavy atom. The molecule has 7 nitrogen and oxygen atoms in total. The third-order valence-electron chi connectivity index (χ3n) is 3.96. The largest absolute Gasteiger partial charge is 0.454 e. The first-order chi connectivity index (χ1) is 12.7. The molecule has 0 spiro atoms. The van der Waals surface area contributed by atoms with E-state index in [1.165, 1.54) is 5.56 Å². The van der Waals surface area contributed by atoms with Crippen LogP contribution in [0.1, 0.15) is 11.1 Å². The summed E-state index contributed by atoms with van der Waals surface area (Å²) in [5, 5.41) is 24.3. The second-order valence-corrected chi connectivity index (χ2v) is 5.90. The van der Waals surface area contributed by atoms with Crippen molar-refractivity contribution in [2.75, 3.05) is 19.9 Å². The summed E-state index contributed by atoms with van der Waals surface area (Å²) >= 11 is 0. The zero-order chi connectivity index (χ0) is 18.2. The zero-order valence-electron chi connectivity index (χ0n) is 14.5. The minimum absolute atomic E-state index is 0.1000. The van der Waals surface area contributed by atoms with Gasteiger partial charge in [0.15, 0.2) is 23.4 Å². The van der Waals surface area contributed by atoms with Gasteiger partial charge < -0.3 is 20.1 Å². The molecule has 1 heterocycles. The molecule has 0 radical (unpaired) electrons. The normalized spacial score (nSPS) is 11.7. The summed E-state index contributed by atoms with van der Waals surface area (Å²) in [5.41, 5.74) is 2.32. The van der Waals surface area contributed by atoms with E-state index in [1.54, 1.807) is 0 Å². The van der Waals surface area contributed by atoms with Gasteiger partial charge in [-0.3, -0.25) is 16.1 Å². The first kappa shape index (κ1) is 17.6. The lowest BCUT2D eigenvalue weighted by molar-refractivity contribution is 0.174. The van der Waals surface area contributed by atoms with Crippen molar-refractivity contribution >= 4 is 11.9 Å². The van der Waals surface area contributed by atoms with Crippen LogP contribution in [0.15, 0.2) is 48.5 Å². The molecule has 136 valence electrons. The number of ether oxygens (including phenoxy) is 2. The second-order valence-electron chi connectivity index (χ2n) is 5.90. The monoisotopic (exact) mass is 353 g/mol. The molecule has 0 amide bonds. The number of guanidine groups is 2. The maximum Gasteiger partial charge on any atom is 0.231 e. The molecule has 2 aromatic carbocycles. The maximum atomic E-state index is 7.86. The zero-order valence-corrected chi connectivity index (χ0v) is 14.5. The summed E-state index contributed by atoms with van der Waals surface area (Å²) < 4.78 is 10.6. The Kier molecular flexibility index (Phi) is 5.92. The minimum Gasteiger partial charge on any atom is -0.454 e. The maximum absolute atomic E-state index is 7.86. The van der Waals surface area contributed by atoms with Crippen molar-refractivity contribution in [1.29, 1.82) is 10.8 Å². The number of hydrogen-bond donors (Lipinski definition) is 5. The number of hydrogen-bond acceptors (Lipinski definition) is 4. The molecule has 0 fully saturated rings. The quantitative estimate of drug-likeness (QED) is 0.403. The van der Waals surface area contributed by atoms with Crippen LogP contribution in [0, 0.1) is 10.8 Å². The summed E-state index contributed by atoms with van der Waals surface area (Å²) in [5.74, 6) is 1.75. The fraction of sp³-hybridized carbons (Fsp3) is 0.263. The molecule has 0 aromatic heterocycles. The lowest BCUT2D eigenvalue weighted by Crippen LogP contribution is -2.46. The van der Waals surface area contributed by atoms with Crippen LogP contribution in [0.4, 0.5) is 0 Å². The van der Waals surface area contributed by atoms with Crippen LogP contribution in [0.3, 0.4) is 0 Å². The molecule has 2 aromatic rings. The number of nitrogens with one attached hydrogen (secondary N) is 5. The van der Waals surface area contributed by atoms with Gasteiger partial charge in [0, 0.05) is 13.1 Å². The van der Waals surface area contributed by atoms with Crippen molar-refractivity contribution in [2.24, 2.45) is 0 Å². The topological polar surface area (TPSA) is 102 Å².